The minimum atomic E-state index is -0.944. The molecule has 3 aromatic rings. The number of carbonyl (C=O) groups is 1. The van der Waals surface area contributed by atoms with Crippen molar-refractivity contribution in [2.45, 2.75) is 19.2 Å². The van der Waals surface area contributed by atoms with Gasteiger partial charge in [0.1, 0.15) is 23.7 Å². The first-order chi connectivity index (χ1) is 19.8. The number of halogens is 2. The van der Waals surface area contributed by atoms with Crippen molar-refractivity contribution >= 4 is 23.1 Å². The van der Waals surface area contributed by atoms with Crippen molar-refractivity contribution in [1.29, 1.82) is 5.26 Å². The number of pyridine rings is 2. The summed E-state index contributed by atoms with van der Waals surface area (Å²) >= 11 is 0. The van der Waals surface area contributed by atoms with Crippen LogP contribution < -0.4 is 10.2 Å². The average Bonchev–Trinajstić information content (AvgIpc) is 3.32. The number of rotatable bonds is 9. The minimum absolute atomic E-state index is 0.0229. The number of carbonyl (C=O) groups excluding carboxylic acids is 1. The molecular formula is C29H28F2N6O4. The standard InChI is InChI=1S/C29H28F2N6O4/c1-17(39-2)10-26(40-3)37-16-24-28(29(37)38)23(13-22(34-24)27-20(30)11-18(14-32)12-21(27)31)35-25-5-4-19(15-33-25)36-6-8-41-9-7-36/h4-5,11-13,15,26H,1,6-10,16H2,2-3H3,(H,33,34,35). The topological polar surface area (TPSA) is 113 Å². The number of nitriles is 1. The summed E-state index contributed by atoms with van der Waals surface area (Å²) in [4.78, 5) is 26.3. The van der Waals surface area contributed by atoms with Crippen molar-refractivity contribution in [1.82, 2.24) is 14.9 Å². The molecule has 4 heterocycles. The first-order valence-electron chi connectivity index (χ1n) is 12.9. The molecular weight excluding hydrogens is 534 g/mol. The van der Waals surface area contributed by atoms with Crippen LogP contribution in [0.1, 0.15) is 28.0 Å². The summed E-state index contributed by atoms with van der Waals surface area (Å²) in [7, 11) is 2.94. The van der Waals surface area contributed by atoms with Gasteiger partial charge in [-0.1, -0.05) is 6.58 Å². The number of amides is 1. The van der Waals surface area contributed by atoms with Gasteiger partial charge >= 0.3 is 0 Å². The van der Waals surface area contributed by atoms with Crippen molar-refractivity contribution in [2.75, 3.05) is 50.7 Å². The van der Waals surface area contributed by atoms with E-state index in [1.54, 1.807) is 18.3 Å². The van der Waals surface area contributed by atoms with E-state index in [-0.39, 0.29) is 41.4 Å². The zero-order chi connectivity index (χ0) is 29.1. The third-order valence-corrected chi connectivity index (χ3v) is 7.01. The van der Waals surface area contributed by atoms with E-state index >= 15 is 8.78 Å². The number of benzene rings is 1. The van der Waals surface area contributed by atoms with Gasteiger partial charge in [0, 0.05) is 26.6 Å². The number of fused-ring (bicyclic) bond motifs is 1. The molecule has 0 radical (unpaired) electrons. The van der Waals surface area contributed by atoms with E-state index in [1.807, 2.05) is 6.07 Å². The fourth-order valence-electron chi connectivity index (χ4n) is 4.87. The Morgan fingerprint density at radius 3 is 2.54 bits per heavy atom. The Hall–Kier alpha value is -4.60. The summed E-state index contributed by atoms with van der Waals surface area (Å²) < 4.78 is 46.2. The number of methoxy groups -OCH3 is 2. The molecule has 1 saturated heterocycles. The molecule has 2 aliphatic rings. The van der Waals surface area contributed by atoms with Crippen LogP contribution in [0, 0.1) is 23.0 Å². The van der Waals surface area contributed by atoms with Gasteiger partial charge in [0.25, 0.3) is 5.91 Å². The molecule has 2 aromatic heterocycles. The lowest BCUT2D eigenvalue weighted by atomic mass is 10.0. The van der Waals surface area contributed by atoms with Gasteiger partial charge in [0.2, 0.25) is 0 Å². The monoisotopic (exact) mass is 562 g/mol. The summed E-state index contributed by atoms with van der Waals surface area (Å²) in [6.45, 7) is 6.60. The normalized spacial score (nSPS) is 15.3. The second-order valence-corrected chi connectivity index (χ2v) is 9.50. The highest BCUT2D eigenvalue weighted by molar-refractivity contribution is 6.04. The van der Waals surface area contributed by atoms with Crippen molar-refractivity contribution in [2.24, 2.45) is 0 Å². The smallest absolute Gasteiger partial charge is 0.260 e. The lowest BCUT2D eigenvalue weighted by Crippen LogP contribution is -2.37. The van der Waals surface area contributed by atoms with Crippen molar-refractivity contribution in [3.8, 4) is 17.3 Å². The van der Waals surface area contributed by atoms with Crippen LogP contribution in [0.2, 0.25) is 0 Å². The van der Waals surface area contributed by atoms with E-state index in [0.717, 1.165) is 30.9 Å². The third-order valence-electron chi connectivity index (χ3n) is 7.01. The molecule has 0 aliphatic carbocycles. The van der Waals surface area contributed by atoms with Crippen LogP contribution >= 0.6 is 0 Å². The quantitative estimate of drug-likeness (QED) is 0.380. The third kappa shape index (κ3) is 5.68. The maximum absolute atomic E-state index is 15.0. The van der Waals surface area contributed by atoms with Crippen molar-refractivity contribution in [3.63, 3.8) is 0 Å². The summed E-state index contributed by atoms with van der Waals surface area (Å²) in [5.41, 5.74) is 1.11. The van der Waals surface area contributed by atoms with Gasteiger partial charge in [0.15, 0.2) is 0 Å². The number of ether oxygens (including phenoxy) is 3. The van der Waals surface area contributed by atoms with Gasteiger partial charge in [-0.3, -0.25) is 4.79 Å². The van der Waals surface area contributed by atoms with Crippen LogP contribution in [0.15, 0.2) is 48.9 Å². The van der Waals surface area contributed by atoms with Gasteiger partial charge in [-0.05, 0) is 30.3 Å². The zero-order valence-corrected chi connectivity index (χ0v) is 22.6. The molecule has 1 unspecified atom stereocenters. The van der Waals surface area contributed by atoms with E-state index < -0.39 is 23.4 Å². The number of hydrogen-bond acceptors (Lipinski definition) is 9. The van der Waals surface area contributed by atoms with E-state index in [9.17, 15) is 4.79 Å². The van der Waals surface area contributed by atoms with E-state index in [4.69, 9.17) is 19.5 Å². The van der Waals surface area contributed by atoms with Crippen molar-refractivity contribution in [3.05, 3.63) is 77.3 Å². The average molecular weight is 563 g/mol. The zero-order valence-electron chi connectivity index (χ0n) is 22.6. The molecule has 0 saturated carbocycles. The maximum Gasteiger partial charge on any atom is 0.260 e. The molecule has 0 bridgehead atoms. The lowest BCUT2D eigenvalue weighted by Gasteiger charge is -2.28. The van der Waals surface area contributed by atoms with Gasteiger partial charge in [-0.15, -0.1) is 0 Å². The molecule has 1 amide bonds. The first kappa shape index (κ1) is 27.9. The highest BCUT2D eigenvalue weighted by atomic mass is 19.1. The van der Waals surface area contributed by atoms with Gasteiger partial charge in [-0.2, -0.15) is 5.26 Å². The number of hydrogen-bond donors (Lipinski definition) is 1. The molecule has 1 fully saturated rings. The molecule has 212 valence electrons. The van der Waals surface area contributed by atoms with Crippen LogP contribution in [0.5, 0.6) is 0 Å². The van der Waals surface area contributed by atoms with Crippen LogP contribution in [-0.4, -0.2) is 67.5 Å². The molecule has 10 nitrogen and oxygen atoms in total. The fourth-order valence-corrected chi connectivity index (χ4v) is 4.87. The lowest BCUT2D eigenvalue weighted by molar-refractivity contribution is -0.0257. The van der Waals surface area contributed by atoms with Crippen LogP contribution in [0.25, 0.3) is 11.3 Å². The molecule has 41 heavy (non-hydrogen) atoms. The maximum atomic E-state index is 15.0. The number of morpholine rings is 1. The first-order valence-corrected chi connectivity index (χ1v) is 12.9. The molecule has 2 aliphatic heterocycles. The predicted octanol–water partition coefficient (Wildman–Crippen LogP) is 4.35. The largest absolute Gasteiger partial charge is 0.502 e. The molecule has 5 rings (SSSR count). The summed E-state index contributed by atoms with van der Waals surface area (Å²) in [5.74, 6) is -1.44. The molecule has 1 aromatic carbocycles. The number of nitrogens with zero attached hydrogens (tertiary/aromatic N) is 5. The SMILES string of the molecule is C=C(CC(OC)N1Cc2nc(-c3c(F)cc(C#N)cc3F)cc(Nc3ccc(N4CCOCC4)cn3)c2C1=O)OC. The minimum Gasteiger partial charge on any atom is -0.502 e. The fraction of sp³-hybridized carbons (Fsp3) is 0.310. The summed E-state index contributed by atoms with van der Waals surface area (Å²) in [6.07, 6.45) is 1.21. The second-order valence-electron chi connectivity index (χ2n) is 9.50. The molecule has 12 heteroatoms. The molecule has 1 N–H and O–H groups in total. The number of anilines is 3. The predicted molar refractivity (Wildman–Crippen MR) is 146 cm³/mol. The Balaban J connectivity index is 1.54. The Morgan fingerprint density at radius 1 is 1.20 bits per heavy atom. The Labute approximate surface area is 235 Å². The summed E-state index contributed by atoms with van der Waals surface area (Å²) in [6, 6.07) is 8.69. The molecule has 0 spiro atoms. The Bertz CT molecular complexity index is 1500. The van der Waals surface area contributed by atoms with Crippen LogP contribution in [0.4, 0.5) is 26.0 Å². The summed E-state index contributed by atoms with van der Waals surface area (Å²) in [5, 5.41) is 12.2. The number of nitrogens with one attached hydrogen (secondary N) is 1. The van der Waals surface area contributed by atoms with E-state index in [0.29, 0.717) is 30.5 Å². The highest BCUT2D eigenvalue weighted by Crippen LogP contribution is 2.37. The van der Waals surface area contributed by atoms with Crippen LogP contribution in [0.3, 0.4) is 0 Å². The van der Waals surface area contributed by atoms with E-state index in [1.165, 1.54) is 25.2 Å². The second kappa shape index (κ2) is 11.9. The Morgan fingerprint density at radius 2 is 1.93 bits per heavy atom. The highest BCUT2D eigenvalue weighted by Gasteiger charge is 2.37. The molecule has 1 atom stereocenters. The number of aromatic nitrogens is 2. The van der Waals surface area contributed by atoms with E-state index in [2.05, 4.69) is 26.8 Å². The van der Waals surface area contributed by atoms with Gasteiger partial charge in [-0.25, -0.2) is 18.7 Å². The van der Waals surface area contributed by atoms with Gasteiger partial charge in [0.05, 0.1) is 84.3 Å². The van der Waals surface area contributed by atoms with Crippen LogP contribution in [-0.2, 0) is 20.8 Å². The van der Waals surface area contributed by atoms with Crippen molar-refractivity contribution < 1.29 is 27.8 Å². The Kier molecular flexibility index (Phi) is 8.09. The van der Waals surface area contributed by atoms with Gasteiger partial charge < -0.3 is 29.3 Å².